The number of halogens is 1. The van der Waals surface area contributed by atoms with E-state index in [9.17, 15) is 0 Å². The Bertz CT molecular complexity index is 776. The fourth-order valence-corrected chi connectivity index (χ4v) is 2.75. The number of rotatable bonds is 2. The van der Waals surface area contributed by atoms with Crippen LogP contribution in [0.1, 0.15) is 11.4 Å². The zero-order valence-corrected chi connectivity index (χ0v) is 13.3. The second kappa shape index (κ2) is 4.94. The molecule has 1 N–H and O–H groups in total. The smallest absolute Gasteiger partial charge is 0.133 e. The molecule has 3 nitrogen and oxygen atoms in total. The lowest BCUT2D eigenvalue weighted by Crippen LogP contribution is -2.12. The summed E-state index contributed by atoms with van der Waals surface area (Å²) in [4.78, 5) is 10.2. The number of hydrogen-bond acceptors (Lipinski definition) is 2. The third-order valence-electron chi connectivity index (χ3n) is 3.55. The molecule has 102 valence electrons. The van der Waals surface area contributed by atoms with Gasteiger partial charge in [0.1, 0.15) is 5.82 Å². The van der Waals surface area contributed by atoms with E-state index in [1.165, 1.54) is 11.1 Å². The minimum Gasteiger partial charge on any atom is -0.357 e. The topological polar surface area (TPSA) is 31.9 Å². The van der Waals surface area contributed by atoms with E-state index in [2.05, 4.69) is 63.0 Å². The van der Waals surface area contributed by atoms with Crippen molar-refractivity contribution in [2.75, 3.05) is 11.9 Å². The summed E-state index contributed by atoms with van der Waals surface area (Å²) in [6.07, 6.45) is 0. The van der Waals surface area contributed by atoms with Crippen LogP contribution in [0, 0.1) is 13.8 Å². The summed E-state index contributed by atoms with van der Waals surface area (Å²) >= 11 is 3.49. The summed E-state index contributed by atoms with van der Waals surface area (Å²) in [6.45, 7) is 4.10. The molecule has 3 rings (SSSR count). The Kier molecular flexibility index (Phi) is 3.26. The monoisotopic (exact) mass is 329 g/mol. The highest BCUT2D eigenvalue weighted by Crippen LogP contribution is 2.34. The van der Waals surface area contributed by atoms with Crippen molar-refractivity contribution in [2.24, 2.45) is 0 Å². The molecule has 2 aromatic heterocycles. The van der Waals surface area contributed by atoms with Crippen molar-refractivity contribution >= 4 is 38.3 Å². The lowest BCUT2D eigenvalue weighted by molar-refractivity contribution is 1.08. The minimum atomic E-state index is 0.943. The van der Waals surface area contributed by atoms with Crippen LogP contribution in [0.2, 0.25) is 0 Å². The molecule has 0 aliphatic heterocycles. The molecule has 0 fully saturated rings. The highest BCUT2D eigenvalue weighted by atomic mass is 79.9. The zero-order chi connectivity index (χ0) is 14.3. The van der Waals surface area contributed by atoms with E-state index >= 15 is 0 Å². The highest BCUT2D eigenvalue weighted by Gasteiger charge is 2.14. The zero-order valence-electron chi connectivity index (χ0n) is 11.7. The van der Waals surface area contributed by atoms with Crippen LogP contribution in [0.3, 0.4) is 0 Å². The molecule has 0 saturated heterocycles. The van der Waals surface area contributed by atoms with Gasteiger partial charge in [-0.15, -0.1) is 0 Å². The molecule has 0 aliphatic carbocycles. The summed E-state index contributed by atoms with van der Waals surface area (Å²) in [5.41, 5.74) is 4.47. The second-order valence-corrected chi connectivity index (χ2v) is 5.79. The van der Waals surface area contributed by atoms with Crippen LogP contribution < -0.4 is 4.90 Å². The second-order valence-electron chi connectivity index (χ2n) is 4.94. The molecule has 0 radical (unpaired) electrons. The van der Waals surface area contributed by atoms with Gasteiger partial charge in [-0.05, 0) is 48.0 Å². The van der Waals surface area contributed by atoms with Gasteiger partial charge in [-0.3, -0.25) is 0 Å². The summed E-state index contributed by atoms with van der Waals surface area (Å²) in [5, 5.41) is 1.22. The molecule has 0 atom stereocenters. The number of aromatic amines is 1. The number of H-pyrrole nitrogens is 1. The van der Waals surface area contributed by atoms with Crippen molar-refractivity contribution in [3.63, 3.8) is 0 Å². The molecule has 4 heteroatoms. The largest absolute Gasteiger partial charge is 0.357 e. The molecule has 2 heterocycles. The lowest BCUT2D eigenvalue weighted by atomic mass is 10.2. The average Bonchev–Trinajstić information content (AvgIpc) is 2.77. The molecule has 0 unspecified atom stereocenters. The third kappa shape index (κ3) is 2.10. The van der Waals surface area contributed by atoms with Crippen LogP contribution in [0.15, 0.2) is 40.9 Å². The first-order valence-corrected chi connectivity index (χ1v) is 7.31. The van der Waals surface area contributed by atoms with Crippen molar-refractivity contribution in [2.45, 2.75) is 13.8 Å². The van der Waals surface area contributed by atoms with Gasteiger partial charge in [-0.1, -0.05) is 18.2 Å². The summed E-state index contributed by atoms with van der Waals surface area (Å²) in [5.74, 6) is 0.943. The number of aromatic nitrogens is 2. The van der Waals surface area contributed by atoms with Gasteiger partial charge in [-0.25, -0.2) is 4.98 Å². The van der Waals surface area contributed by atoms with E-state index < -0.39 is 0 Å². The van der Waals surface area contributed by atoms with Crippen LogP contribution in [-0.4, -0.2) is 17.0 Å². The van der Waals surface area contributed by atoms with Crippen molar-refractivity contribution in [3.05, 3.63) is 52.3 Å². The van der Waals surface area contributed by atoms with Gasteiger partial charge in [0.05, 0.1) is 11.4 Å². The maximum atomic E-state index is 4.64. The number of nitrogens with zero attached hydrogens (tertiary/aromatic N) is 2. The molecule has 0 bridgehead atoms. The number of aryl methyl sites for hydroxylation is 2. The number of benzene rings is 1. The number of nitrogens with one attached hydrogen (secondary N) is 1. The summed E-state index contributed by atoms with van der Waals surface area (Å²) in [6, 6.07) is 12.4. The SMILES string of the molecule is Cc1nc(N(C)c2c(C)[nH]c3ccccc23)ccc1Br. The van der Waals surface area contributed by atoms with Gasteiger partial charge < -0.3 is 9.88 Å². The van der Waals surface area contributed by atoms with Crippen molar-refractivity contribution in [1.82, 2.24) is 9.97 Å². The Morgan fingerprint density at radius 3 is 2.60 bits per heavy atom. The quantitative estimate of drug-likeness (QED) is 0.738. The van der Waals surface area contributed by atoms with E-state index in [0.29, 0.717) is 0 Å². The highest BCUT2D eigenvalue weighted by molar-refractivity contribution is 9.10. The standard InChI is InChI=1S/C16H16BrN3/c1-10-13(17)8-9-15(19-10)20(3)16-11(2)18-14-7-5-4-6-12(14)16/h4-9,18H,1-3H3. The van der Waals surface area contributed by atoms with Crippen LogP contribution in [0.5, 0.6) is 0 Å². The molecular formula is C16H16BrN3. The van der Waals surface area contributed by atoms with E-state index in [1.807, 2.05) is 25.1 Å². The van der Waals surface area contributed by atoms with Crippen molar-refractivity contribution in [3.8, 4) is 0 Å². The molecule has 1 aromatic carbocycles. The molecule has 20 heavy (non-hydrogen) atoms. The molecule has 0 aliphatic rings. The van der Waals surface area contributed by atoms with E-state index in [-0.39, 0.29) is 0 Å². The lowest BCUT2D eigenvalue weighted by Gasteiger charge is -2.19. The predicted molar refractivity (Wildman–Crippen MR) is 87.8 cm³/mol. The molecule has 0 spiro atoms. The first kappa shape index (κ1) is 13.2. The number of pyridine rings is 1. The molecular weight excluding hydrogens is 314 g/mol. The van der Waals surface area contributed by atoms with Gasteiger partial charge >= 0.3 is 0 Å². The van der Waals surface area contributed by atoms with Crippen LogP contribution in [-0.2, 0) is 0 Å². The Morgan fingerprint density at radius 1 is 1.10 bits per heavy atom. The van der Waals surface area contributed by atoms with Gasteiger partial charge in [0.2, 0.25) is 0 Å². The van der Waals surface area contributed by atoms with Crippen molar-refractivity contribution < 1.29 is 0 Å². The average molecular weight is 330 g/mol. The fraction of sp³-hybridized carbons (Fsp3) is 0.188. The first-order chi connectivity index (χ1) is 9.58. The maximum Gasteiger partial charge on any atom is 0.133 e. The van der Waals surface area contributed by atoms with Gasteiger partial charge in [0.25, 0.3) is 0 Å². The Hall–Kier alpha value is -1.81. The molecule has 0 saturated carbocycles. The third-order valence-corrected chi connectivity index (χ3v) is 4.38. The predicted octanol–water partition coefficient (Wildman–Crippen LogP) is 4.71. The Labute approximate surface area is 126 Å². The van der Waals surface area contributed by atoms with Gasteiger partial charge in [0.15, 0.2) is 0 Å². The van der Waals surface area contributed by atoms with Gasteiger partial charge in [0, 0.05) is 28.1 Å². The van der Waals surface area contributed by atoms with Crippen molar-refractivity contribution in [1.29, 1.82) is 0 Å². The minimum absolute atomic E-state index is 0.943. The van der Waals surface area contributed by atoms with Crippen LogP contribution in [0.25, 0.3) is 10.9 Å². The number of hydrogen-bond donors (Lipinski definition) is 1. The Morgan fingerprint density at radius 2 is 1.85 bits per heavy atom. The fourth-order valence-electron chi connectivity index (χ4n) is 2.53. The summed E-state index contributed by atoms with van der Waals surface area (Å²) < 4.78 is 1.03. The number of para-hydroxylation sites is 1. The maximum absolute atomic E-state index is 4.64. The number of fused-ring (bicyclic) bond motifs is 1. The molecule has 3 aromatic rings. The van der Waals surface area contributed by atoms with Crippen LogP contribution >= 0.6 is 15.9 Å². The van der Waals surface area contributed by atoms with E-state index in [4.69, 9.17) is 0 Å². The molecule has 0 amide bonds. The van der Waals surface area contributed by atoms with E-state index in [1.54, 1.807) is 0 Å². The van der Waals surface area contributed by atoms with E-state index in [0.717, 1.165) is 27.2 Å². The first-order valence-electron chi connectivity index (χ1n) is 6.52. The normalized spacial score (nSPS) is 11.0. The van der Waals surface area contributed by atoms with Crippen LogP contribution in [0.4, 0.5) is 11.5 Å². The number of anilines is 2. The Balaban J connectivity index is 2.14. The van der Waals surface area contributed by atoms with Gasteiger partial charge in [-0.2, -0.15) is 0 Å². The summed E-state index contributed by atoms with van der Waals surface area (Å²) in [7, 11) is 2.05.